The molecule has 2 N–H and O–H groups in total. The second-order valence-electron chi connectivity index (χ2n) is 5.74. The Morgan fingerprint density at radius 2 is 1.64 bits per heavy atom. The highest BCUT2D eigenvalue weighted by atomic mass is 16.6. The maximum atomic E-state index is 11.8. The third kappa shape index (κ3) is 6.24. The van der Waals surface area contributed by atoms with Gasteiger partial charge in [0.05, 0.1) is 0 Å². The minimum atomic E-state index is -0.724. The summed E-state index contributed by atoms with van der Waals surface area (Å²) in [7, 11) is 1.52. The molecular formula is C20H20N2O6. The predicted molar refractivity (Wildman–Crippen MR) is 101 cm³/mol. The molecule has 8 nitrogen and oxygen atoms in total. The van der Waals surface area contributed by atoms with Crippen LogP contribution in [0.4, 0.5) is 5.69 Å². The van der Waals surface area contributed by atoms with Crippen LogP contribution in [0.25, 0.3) is 0 Å². The molecular weight excluding hydrogens is 364 g/mol. The van der Waals surface area contributed by atoms with Crippen molar-refractivity contribution in [1.29, 1.82) is 0 Å². The smallest absolute Gasteiger partial charge is 0.344 e. The van der Waals surface area contributed by atoms with Crippen LogP contribution in [0.3, 0.4) is 0 Å². The zero-order valence-electron chi connectivity index (χ0n) is 15.5. The first-order valence-electron chi connectivity index (χ1n) is 8.40. The summed E-state index contributed by atoms with van der Waals surface area (Å²) >= 11 is 0. The number of benzene rings is 2. The van der Waals surface area contributed by atoms with Gasteiger partial charge in [-0.25, -0.2) is 4.79 Å². The number of carbonyl (C=O) groups excluding carboxylic acids is 4. The van der Waals surface area contributed by atoms with Gasteiger partial charge >= 0.3 is 5.97 Å². The van der Waals surface area contributed by atoms with E-state index >= 15 is 0 Å². The fourth-order valence-electron chi connectivity index (χ4n) is 2.18. The van der Waals surface area contributed by atoms with Crippen LogP contribution in [0.15, 0.2) is 48.5 Å². The standard InChI is InChI=1S/C20H20N2O6/c1-13(23)15-4-3-5-17(10-15)27-12-19(25)28-11-18(24)22-16-8-6-14(7-9-16)20(26)21-2/h3-10H,11-12H2,1-2H3,(H,21,26)(H,22,24). The van der Waals surface area contributed by atoms with Crippen molar-refractivity contribution in [2.24, 2.45) is 0 Å². The summed E-state index contributed by atoms with van der Waals surface area (Å²) in [5.41, 5.74) is 1.39. The first kappa shape index (κ1) is 20.6. The molecule has 28 heavy (non-hydrogen) atoms. The maximum Gasteiger partial charge on any atom is 0.344 e. The number of Topliss-reactive ketones (excluding diaryl/α,β-unsaturated/α-hetero) is 1. The Balaban J connectivity index is 1.76. The van der Waals surface area contributed by atoms with Crippen LogP contribution < -0.4 is 15.4 Å². The summed E-state index contributed by atoms with van der Waals surface area (Å²) in [4.78, 5) is 46.3. The van der Waals surface area contributed by atoms with E-state index in [1.54, 1.807) is 42.5 Å². The Morgan fingerprint density at radius 1 is 0.929 bits per heavy atom. The molecule has 0 fully saturated rings. The van der Waals surface area contributed by atoms with Gasteiger partial charge in [-0.2, -0.15) is 0 Å². The fraction of sp³-hybridized carbons (Fsp3) is 0.200. The van der Waals surface area contributed by atoms with Crippen molar-refractivity contribution in [3.8, 4) is 5.75 Å². The van der Waals surface area contributed by atoms with E-state index in [1.165, 1.54) is 20.0 Å². The highest BCUT2D eigenvalue weighted by molar-refractivity contribution is 5.96. The van der Waals surface area contributed by atoms with E-state index in [4.69, 9.17) is 9.47 Å². The Hall–Kier alpha value is -3.68. The molecule has 2 amide bonds. The van der Waals surface area contributed by atoms with E-state index in [0.717, 1.165) is 0 Å². The normalized spacial score (nSPS) is 9.93. The molecule has 2 rings (SSSR count). The van der Waals surface area contributed by atoms with E-state index in [0.29, 0.717) is 22.6 Å². The van der Waals surface area contributed by atoms with Gasteiger partial charge < -0.3 is 20.1 Å². The van der Waals surface area contributed by atoms with E-state index in [-0.39, 0.29) is 11.7 Å². The number of esters is 1. The lowest BCUT2D eigenvalue weighted by molar-refractivity contribution is -0.149. The van der Waals surface area contributed by atoms with Gasteiger partial charge in [-0.15, -0.1) is 0 Å². The van der Waals surface area contributed by atoms with E-state index in [9.17, 15) is 19.2 Å². The predicted octanol–water partition coefficient (Wildman–Crippen LogP) is 1.81. The minimum absolute atomic E-state index is 0.118. The molecule has 0 spiro atoms. The summed E-state index contributed by atoms with van der Waals surface area (Å²) < 4.78 is 10.1. The summed E-state index contributed by atoms with van der Waals surface area (Å²) in [5, 5.41) is 5.04. The number of amides is 2. The third-order valence-corrected chi connectivity index (χ3v) is 3.62. The lowest BCUT2D eigenvalue weighted by Crippen LogP contribution is -2.23. The highest BCUT2D eigenvalue weighted by Gasteiger charge is 2.10. The van der Waals surface area contributed by atoms with Crippen molar-refractivity contribution in [1.82, 2.24) is 5.32 Å². The van der Waals surface area contributed by atoms with Crippen LogP contribution in [0.2, 0.25) is 0 Å². The van der Waals surface area contributed by atoms with Crippen molar-refractivity contribution >= 4 is 29.3 Å². The summed E-state index contributed by atoms with van der Waals surface area (Å²) in [6.45, 7) is 0.556. The molecule has 0 aromatic heterocycles. The van der Waals surface area contributed by atoms with Crippen LogP contribution in [0.1, 0.15) is 27.6 Å². The summed E-state index contributed by atoms with van der Waals surface area (Å²) in [6, 6.07) is 12.6. The van der Waals surface area contributed by atoms with Gasteiger partial charge in [0.2, 0.25) is 0 Å². The molecule has 146 valence electrons. The van der Waals surface area contributed by atoms with Crippen LogP contribution in [0, 0.1) is 0 Å². The van der Waals surface area contributed by atoms with Crippen molar-refractivity contribution < 1.29 is 28.7 Å². The van der Waals surface area contributed by atoms with Gasteiger partial charge in [-0.1, -0.05) is 12.1 Å². The largest absolute Gasteiger partial charge is 0.482 e. The number of hydrogen-bond donors (Lipinski definition) is 2. The minimum Gasteiger partial charge on any atom is -0.482 e. The average molecular weight is 384 g/mol. The third-order valence-electron chi connectivity index (χ3n) is 3.62. The second kappa shape index (κ2) is 9.86. The SMILES string of the molecule is CNC(=O)c1ccc(NC(=O)COC(=O)COc2cccc(C(C)=O)c2)cc1. The Morgan fingerprint density at radius 3 is 2.29 bits per heavy atom. The number of nitrogens with one attached hydrogen (secondary N) is 2. The van der Waals surface area contributed by atoms with E-state index < -0.39 is 25.1 Å². The molecule has 0 unspecified atom stereocenters. The zero-order chi connectivity index (χ0) is 20.5. The molecule has 0 aliphatic carbocycles. The van der Waals surface area contributed by atoms with Crippen LogP contribution in [-0.4, -0.2) is 43.8 Å². The van der Waals surface area contributed by atoms with Gasteiger partial charge in [0.1, 0.15) is 5.75 Å². The molecule has 0 saturated carbocycles. The number of carbonyl (C=O) groups is 4. The van der Waals surface area contributed by atoms with Gasteiger partial charge in [0.15, 0.2) is 19.0 Å². The molecule has 0 atom stereocenters. The first-order valence-corrected chi connectivity index (χ1v) is 8.40. The maximum absolute atomic E-state index is 11.8. The van der Waals surface area contributed by atoms with Gasteiger partial charge in [-0.3, -0.25) is 14.4 Å². The number of ether oxygens (including phenoxy) is 2. The fourth-order valence-corrected chi connectivity index (χ4v) is 2.18. The first-order chi connectivity index (χ1) is 13.4. The van der Waals surface area contributed by atoms with E-state index in [1.807, 2.05) is 0 Å². The molecule has 0 aliphatic heterocycles. The molecule has 0 aliphatic rings. The lowest BCUT2D eigenvalue weighted by atomic mass is 10.1. The molecule has 0 bridgehead atoms. The van der Waals surface area contributed by atoms with Crippen LogP contribution in [-0.2, 0) is 14.3 Å². The molecule has 0 saturated heterocycles. The van der Waals surface area contributed by atoms with Gasteiger partial charge in [-0.05, 0) is 43.3 Å². The monoisotopic (exact) mass is 384 g/mol. The summed E-state index contributed by atoms with van der Waals surface area (Å²) in [5.74, 6) is -1.25. The Kier molecular flexibility index (Phi) is 7.27. The molecule has 8 heteroatoms. The number of hydrogen-bond acceptors (Lipinski definition) is 6. The van der Waals surface area contributed by atoms with E-state index in [2.05, 4.69) is 10.6 Å². The molecule has 0 heterocycles. The van der Waals surface area contributed by atoms with Crippen molar-refractivity contribution in [2.75, 3.05) is 25.6 Å². The summed E-state index contributed by atoms with van der Waals surface area (Å²) in [6.07, 6.45) is 0. The molecule has 2 aromatic carbocycles. The Bertz CT molecular complexity index is 877. The quantitative estimate of drug-likeness (QED) is 0.530. The van der Waals surface area contributed by atoms with Gasteiger partial charge in [0.25, 0.3) is 11.8 Å². The number of anilines is 1. The Labute approximate surface area is 161 Å². The molecule has 2 aromatic rings. The van der Waals surface area contributed by atoms with Crippen LogP contribution >= 0.6 is 0 Å². The van der Waals surface area contributed by atoms with Crippen molar-refractivity contribution in [2.45, 2.75) is 6.92 Å². The van der Waals surface area contributed by atoms with Crippen LogP contribution in [0.5, 0.6) is 5.75 Å². The number of rotatable bonds is 8. The number of ketones is 1. The lowest BCUT2D eigenvalue weighted by Gasteiger charge is -2.09. The topological polar surface area (TPSA) is 111 Å². The average Bonchev–Trinajstić information content (AvgIpc) is 2.71. The zero-order valence-corrected chi connectivity index (χ0v) is 15.5. The molecule has 0 radical (unpaired) electrons. The van der Waals surface area contributed by atoms with Crippen molar-refractivity contribution in [3.05, 3.63) is 59.7 Å². The van der Waals surface area contributed by atoms with Gasteiger partial charge in [0, 0.05) is 23.9 Å². The second-order valence-corrected chi connectivity index (χ2v) is 5.74. The van der Waals surface area contributed by atoms with Crippen molar-refractivity contribution in [3.63, 3.8) is 0 Å². The highest BCUT2D eigenvalue weighted by Crippen LogP contribution is 2.14.